The van der Waals surface area contributed by atoms with Crippen molar-refractivity contribution < 1.29 is 0 Å². The second-order valence-corrected chi connectivity index (χ2v) is 4.08. The molecule has 9 nitrogen and oxygen atoms in total. The van der Waals surface area contributed by atoms with Crippen LogP contribution in [0.2, 0.25) is 0 Å². The van der Waals surface area contributed by atoms with Crippen LogP contribution in [-0.4, -0.2) is 46.5 Å². The van der Waals surface area contributed by atoms with Crippen molar-refractivity contribution in [2.24, 2.45) is 0 Å². The molecular formula is C11H13N9. The number of aryl methyl sites for hydroxylation is 2. The molecule has 20 heavy (non-hydrogen) atoms. The van der Waals surface area contributed by atoms with E-state index in [9.17, 15) is 0 Å². The summed E-state index contributed by atoms with van der Waals surface area (Å²) in [6, 6.07) is 1.80. The molecule has 0 unspecified atom stereocenters. The zero-order chi connectivity index (χ0) is 14.1. The molecule has 0 amide bonds. The molecule has 3 aromatic rings. The van der Waals surface area contributed by atoms with Crippen LogP contribution >= 0.6 is 0 Å². The molecule has 0 saturated carbocycles. The molecule has 0 atom stereocenters. The first-order valence-electron chi connectivity index (χ1n) is 6.02. The summed E-state index contributed by atoms with van der Waals surface area (Å²) in [5, 5.41) is 11.3. The van der Waals surface area contributed by atoms with E-state index in [0.29, 0.717) is 29.5 Å². The van der Waals surface area contributed by atoms with Gasteiger partial charge in [0.15, 0.2) is 0 Å². The Balaban J connectivity index is 2.16. The van der Waals surface area contributed by atoms with Gasteiger partial charge in [0.25, 0.3) is 11.9 Å². The largest absolute Gasteiger partial charge is 0.357 e. The van der Waals surface area contributed by atoms with E-state index in [0.717, 1.165) is 0 Å². The second-order valence-electron chi connectivity index (χ2n) is 4.08. The van der Waals surface area contributed by atoms with Crippen LogP contribution < -0.4 is 5.32 Å². The fourth-order valence-corrected chi connectivity index (χ4v) is 1.76. The Morgan fingerprint density at radius 2 is 1.85 bits per heavy atom. The minimum atomic E-state index is 0.396. The van der Waals surface area contributed by atoms with Gasteiger partial charge < -0.3 is 5.32 Å². The molecule has 0 saturated heterocycles. The Labute approximate surface area is 114 Å². The molecule has 1 N–H and O–H groups in total. The first kappa shape index (κ1) is 12.2. The van der Waals surface area contributed by atoms with E-state index in [1.165, 1.54) is 0 Å². The van der Waals surface area contributed by atoms with Crippen LogP contribution in [0.4, 0.5) is 5.95 Å². The van der Waals surface area contributed by atoms with Gasteiger partial charge in [-0.1, -0.05) is 0 Å². The van der Waals surface area contributed by atoms with Gasteiger partial charge in [0.2, 0.25) is 5.95 Å². The summed E-state index contributed by atoms with van der Waals surface area (Å²) in [6.07, 6.45) is 3.42. The predicted octanol–water partition coefficient (Wildman–Crippen LogP) is 0.297. The normalized spacial score (nSPS) is 10.8. The lowest BCUT2D eigenvalue weighted by Crippen LogP contribution is -2.13. The molecule has 3 aromatic heterocycles. The summed E-state index contributed by atoms with van der Waals surface area (Å²) >= 11 is 0. The van der Waals surface area contributed by atoms with Crippen molar-refractivity contribution >= 4 is 5.95 Å². The standard InChI is InChI=1S/C11H13N9/c1-7-14-8(2)20(18-7)11-16-9(12-3)15-10(17-11)19-6-4-5-13-19/h4-6H,1-3H3,(H,12,15,16,17). The molecule has 102 valence electrons. The second kappa shape index (κ2) is 4.68. The smallest absolute Gasteiger partial charge is 0.259 e. The van der Waals surface area contributed by atoms with E-state index in [1.807, 2.05) is 13.8 Å². The Hall–Kier alpha value is -2.84. The molecule has 3 heterocycles. The maximum atomic E-state index is 4.37. The molecule has 0 aliphatic rings. The molecule has 3 rings (SSSR count). The van der Waals surface area contributed by atoms with Gasteiger partial charge in [-0.3, -0.25) is 0 Å². The van der Waals surface area contributed by atoms with Crippen molar-refractivity contribution in [1.29, 1.82) is 0 Å². The highest BCUT2D eigenvalue weighted by atomic mass is 15.4. The fraction of sp³-hybridized carbons (Fsp3) is 0.273. The number of anilines is 1. The first-order valence-corrected chi connectivity index (χ1v) is 6.02. The van der Waals surface area contributed by atoms with Crippen LogP contribution in [0.3, 0.4) is 0 Å². The lowest BCUT2D eigenvalue weighted by Gasteiger charge is -2.06. The van der Waals surface area contributed by atoms with Crippen LogP contribution in [0.15, 0.2) is 18.5 Å². The molecule has 0 aromatic carbocycles. The van der Waals surface area contributed by atoms with Gasteiger partial charge in [-0.2, -0.15) is 24.7 Å². The van der Waals surface area contributed by atoms with Gasteiger partial charge in [0, 0.05) is 19.4 Å². The average molecular weight is 271 g/mol. The molecule has 0 aliphatic carbocycles. The van der Waals surface area contributed by atoms with E-state index >= 15 is 0 Å². The zero-order valence-electron chi connectivity index (χ0n) is 11.3. The molecular weight excluding hydrogens is 258 g/mol. The zero-order valence-corrected chi connectivity index (χ0v) is 11.3. The summed E-state index contributed by atoms with van der Waals surface area (Å²) in [5.74, 6) is 2.62. The van der Waals surface area contributed by atoms with E-state index in [1.54, 1.807) is 34.9 Å². The van der Waals surface area contributed by atoms with Gasteiger partial charge >= 0.3 is 0 Å². The third-order valence-corrected chi connectivity index (χ3v) is 2.61. The molecule has 0 radical (unpaired) electrons. The summed E-state index contributed by atoms with van der Waals surface area (Å²) in [5.41, 5.74) is 0. The SMILES string of the molecule is CNc1nc(-n2cccn2)nc(-n2nc(C)nc2C)n1. The molecule has 9 heteroatoms. The van der Waals surface area contributed by atoms with Gasteiger partial charge in [0.05, 0.1) is 0 Å². The minimum Gasteiger partial charge on any atom is -0.357 e. The van der Waals surface area contributed by atoms with Gasteiger partial charge in [-0.15, -0.1) is 5.10 Å². The fourth-order valence-electron chi connectivity index (χ4n) is 1.76. The van der Waals surface area contributed by atoms with Gasteiger partial charge in [0.1, 0.15) is 11.6 Å². The molecule has 0 spiro atoms. The summed E-state index contributed by atoms with van der Waals surface area (Å²) < 4.78 is 3.13. The summed E-state index contributed by atoms with van der Waals surface area (Å²) in [7, 11) is 1.74. The summed E-state index contributed by atoms with van der Waals surface area (Å²) in [6.45, 7) is 3.66. The van der Waals surface area contributed by atoms with Crippen LogP contribution in [-0.2, 0) is 0 Å². The van der Waals surface area contributed by atoms with Crippen LogP contribution in [0, 0.1) is 13.8 Å². The van der Waals surface area contributed by atoms with Gasteiger partial charge in [-0.05, 0) is 19.9 Å². The highest BCUT2D eigenvalue weighted by Crippen LogP contribution is 2.09. The van der Waals surface area contributed by atoms with Crippen molar-refractivity contribution in [1.82, 2.24) is 39.5 Å². The Morgan fingerprint density at radius 1 is 1.05 bits per heavy atom. The third-order valence-electron chi connectivity index (χ3n) is 2.61. The van der Waals surface area contributed by atoms with Crippen molar-refractivity contribution in [3.8, 4) is 11.9 Å². The number of aromatic nitrogens is 8. The molecule has 0 fully saturated rings. The number of nitrogens with one attached hydrogen (secondary N) is 1. The quantitative estimate of drug-likeness (QED) is 0.731. The summed E-state index contributed by atoms with van der Waals surface area (Å²) in [4.78, 5) is 17.2. The number of hydrogen-bond acceptors (Lipinski definition) is 7. The van der Waals surface area contributed by atoms with Crippen molar-refractivity contribution in [3.05, 3.63) is 30.1 Å². The van der Waals surface area contributed by atoms with E-state index in [2.05, 4.69) is 35.5 Å². The van der Waals surface area contributed by atoms with E-state index in [-0.39, 0.29) is 0 Å². The minimum absolute atomic E-state index is 0.396. The maximum Gasteiger partial charge on any atom is 0.259 e. The Kier molecular flexibility index (Phi) is 2.86. The average Bonchev–Trinajstić information content (AvgIpc) is 3.08. The Morgan fingerprint density at radius 3 is 2.45 bits per heavy atom. The molecule has 0 aliphatic heterocycles. The topological polar surface area (TPSA) is 99.2 Å². The molecule has 0 bridgehead atoms. The number of hydrogen-bond donors (Lipinski definition) is 1. The van der Waals surface area contributed by atoms with Crippen molar-refractivity contribution in [2.45, 2.75) is 13.8 Å². The number of rotatable bonds is 3. The first-order chi connectivity index (χ1) is 9.67. The lowest BCUT2D eigenvalue weighted by atomic mass is 10.7. The van der Waals surface area contributed by atoms with Crippen molar-refractivity contribution in [2.75, 3.05) is 12.4 Å². The van der Waals surface area contributed by atoms with Crippen LogP contribution in [0.1, 0.15) is 11.6 Å². The maximum absolute atomic E-state index is 4.37. The highest BCUT2D eigenvalue weighted by Gasteiger charge is 2.13. The van der Waals surface area contributed by atoms with Crippen LogP contribution in [0.5, 0.6) is 0 Å². The predicted molar refractivity (Wildman–Crippen MR) is 70.9 cm³/mol. The van der Waals surface area contributed by atoms with Crippen LogP contribution in [0.25, 0.3) is 11.9 Å². The van der Waals surface area contributed by atoms with E-state index < -0.39 is 0 Å². The highest BCUT2D eigenvalue weighted by molar-refractivity contribution is 5.32. The lowest BCUT2D eigenvalue weighted by molar-refractivity contribution is 0.729. The third kappa shape index (κ3) is 2.09. The van der Waals surface area contributed by atoms with Crippen molar-refractivity contribution in [3.63, 3.8) is 0 Å². The monoisotopic (exact) mass is 271 g/mol. The Bertz CT molecular complexity index is 728. The number of nitrogens with zero attached hydrogens (tertiary/aromatic N) is 8. The van der Waals surface area contributed by atoms with Gasteiger partial charge in [-0.25, -0.2) is 9.67 Å². The van der Waals surface area contributed by atoms with E-state index in [4.69, 9.17) is 0 Å².